The molecule has 1 saturated carbocycles. The lowest BCUT2D eigenvalue weighted by atomic mass is 10.1. The van der Waals surface area contributed by atoms with E-state index in [9.17, 15) is 15.0 Å². The van der Waals surface area contributed by atoms with Gasteiger partial charge in [-0.1, -0.05) is 13.3 Å². The minimum Gasteiger partial charge on any atom is -0.504 e. The predicted octanol–water partition coefficient (Wildman–Crippen LogP) is 2.50. The van der Waals surface area contributed by atoms with Crippen molar-refractivity contribution in [2.45, 2.75) is 37.5 Å². The molecule has 1 aromatic rings. The summed E-state index contributed by atoms with van der Waals surface area (Å²) >= 11 is 1.89. The third-order valence-corrected chi connectivity index (χ3v) is 4.71. The van der Waals surface area contributed by atoms with Crippen molar-refractivity contribution < 1.29 is 15.0 Å². The summed E-state index contributed by atoms with van der Waals surface area (Å²) < 4.78 is 0. The molecule has 0 bridgehead atoms. The molecule has 1 aromatic carbocycles. The molecular weight excluding hydrogens is 262 g/mol. The summed E-state index contributed by atoms with van der Waals surface area (Å²) in [7, 11) is 0. The van der Waals surface area contributed by atoms with E-state index in [1.165, 1.54) is 18.2 Å². The predicted molar refractivity (Wildman–Crippen MR) is 76.8 cm³/mol. The van der Waals surface area contributed by atoms with Gasteiger partial charge in [0.15, 0.2) is 11.5 Å². The molecule has 2 rings (SSSR count). The normalized spacial score (nSPS) is 22.4. The van der Waals surface area contributed by atoms with Crippen molar-refractivity contribution in [2.75, 3.05) is 5.75 Å². The van der Waals surface area contributed by atoms with Gasteiger partial charge in [-0.15, -0.1) is 0 Å². The maximum absolute atomic E-state index is 12.1. The molecule has 0 heterocycles. The first-order chi connectivity index (χ1) is 9.11. The summed E-state index contributed by atoms with van der Waals surface area (Å²) in [5.41, 5.74) is 0.377. The molecule has 0 aliphatic heterocycles. The Bertz CT molecular complexity index is 464. The fourth-order valence-electron chi connectivity index (χ4n) is 2.42. The number of amides is 1. The molecule has 19 heavy (non-hydrogen) atoms. The lowest BCUT2D eigenvalue weighted by Gasteiger charge is -2.20. The number of thioether (sulfide) groups is 1. The van der Waals surface area contributed by atoms with Crippen LogP contribution in [0.25, 0.3) is 0 Å². The van der Waals surface area contributed by atoms with Gasteiger partial charge >= 0.3 is 0 Å². The van der Waals surface area contributed by atoms with Gasteiger partial charge in [-0.05, 0) is 36.8 Å². The molecule has 0 aromatic heterocycles. The van der Waals surface area contributed by atoms with Crippen molar-refractivity contribution in [1.82, 2.24) is 5.32 Å². The standard InChI is InChI=1S/C14H19NO3S/c1-2-19-13-5-3-4-10(13)15-14(18)9-6-7-11(16)12(17)8-9/h6-8,10,13,16-17H,2-5H2,1H3,(H,15,18). The Morgan fingerprint density at radius 1 is 1.37 bits per heavy atom. The van der Waals surface area contributed by atoms with Gasteiger partial charge < -0.3 is 15.5 Å². The molecule has 1 fully saturated rings. The third kappa shape index (κ3) is 3.35. The highest BCUT2D eigenvalue weighted by atomic mass is 32.2. The van der Waals surface area contributed by atoms with Crippen molar-refractivity contribution in [3.05, 3.63) is 23.8 Å². The molecule has 5 heteroatoms. The number of benzene rings is 1. The Morgan fingerprint density at radius 3 is 2.84 bits per heavy atom. The van der Waals surface area contributed by atoms with Crippen LogP contribution < -0.4 is 5.32 Å². The first-order valence-electron chi connectivity index (χ1n) is 6.56. The number of phenols is 2. The second kappa shape index (κ2) is 6.19. The van der Waals surface area contributed by atoms with Gasteiger partial charge in [-0.3, -0.25) is 4.79 Å². The maximum Gasteiger partial charge on any atom is 0.251 e. The molecule has 4 nitrogen and oxygen atoms in total. The molecule has 2 atom stereocenters. The Morgan fingerprint density at radius 2 is 2.16 bits per heavy atom. The number of nitrogens with one attached hydrogen (secondary N) is 1. The van der Waals surface area contributed by atoms with Gasteiger partial charge in [-0.2, -0.15) is 11.8 Å². The number of carbonyl (C=O) groups excluding carboxylic acids is 1. The molecule has 0 radical (unpaired) electrons. The lowest BCUT2D eigenvalue weighted by molar-refractivity contribution is 0.0938. The smallest absolute Gasteiger partial charge is 0.251 e. The third-order valence-electron chi connectivity index (χ3n) is 3.39. The number of phenolic OH excluding ortho intramolecular Hbond substituents is 2. The average molecular weight is 281 g/mol. The number of hydrogen-bond acceptors (Lipinski definition) is 4. The largest absolute Gasteiger partial charge is 0.504 e. The van der Waals surface area contributed by atoms with Crippen molar-refractivity contribution >= 4 is 17.7 Å². The summed E-state index contributed by atoms with van der Waals surface area (Å²) in [4.78, 5) is 12.1. The number of carbonyl (C=O) groups is 1. The zero-order valence-electron chi connectivity index (χ0n) is 10.9. The number of hydrogen-bond donors (Lipinski definition) is 3. The van der Waals surface area contributed by atoms with E-state index >= 15 is 0 Å². The minimum absolute atomic E-state index is 0.191. The molecule has 0 spiro atoms. The average Bonchev–Trinajstić information content (AvgIpc) is 2.80. The highest BCUT2D eigenvalue weighted by molar-refractivity contribution is 7.99. The Balaban J connectivity index is 2.02. The van der Waals surface area contributed by atoms with E-state index in [4.69, 9.17) is 0 Å². The van der Waals surface area contributed by atoms with Crippen LogP contribution in [-0.4, -0.2) is 33.2 Å². The van der Waals surface area contributed by atoms with Gasteiger partial charge in [0, 0.05) is 16.9 Å². The zero-order chi connectivity index (χ0) is 13.8. The molecule has 1 aliphatic rings. The van der Waals surface area contributed by atoms with E-state index in [-0.39, 0.29) is 23.4 Å². The number of aromatic hydroxyl groups is 2. The van der Waals surface area contributed by atoms with Crippen molar-refractivity contribution in [1.29, 1.82) is 0 Å². The van der Waals surface area contributed by atoms with Gasteiger partial charge in [0.25, 0.3) is 5.91 Å². The van der Waals surface area contributed by atoms with E-state index in [2.05, 4.69) is 12.2 Å². The molecule has 3 N–H and O–H groups in total. The summed E-state index contributed by atoms with van der Waals surface area (Å²) in [5, 5.41) is 22.2. The van der Waals surface area contributed by atoms with Gasteiger partial charge in [0.05, 0.1) is 0 Å². The summed E-state index contributed by atoms with van der Waals surface area (Å²) in [6.45, 7) is 2.12. The summed E-state index contributed by atoms with van der Waals surface area (Å²) in [6, 6.07) is 4.34. The van der Waals surface area contributed by atoms with E-state index < -0.39 is 0 Å². The van der Waals surface area contributed by atoms with E-state index in [1.54, 1.807) is 0 Å². The quantitative estimate of drug-likeness (QED) is 0.742. The van der Waals surface area contributed by atoms with Crippen LogP contribution >= 0.6 is 11.8 Å². The van der Waals surface area contributed by atoms with Crippen molar-refractivity contribution in [3.8, 4) is 11.5 Å². The van der Waals surface area contributed by atoms with E-state index in [1.807, 2.05) is 11.8 Å². The second-order valence-electron chi connectivity index (χ2n) is 4.71. The van der Waals surface area contributed by atoms with E-state index in [0.717, 1.165) is 25.0 Å². The van der Waals surface area contributed by atoms with Crippen LogP contribution in [-0.2, 0) is 0 Å². The maximum atomic E-state index is 12.1. The SMILES string of the molecule is CCSC1CCCC1NC(=O)c1ccc(O)c(O)c1. The van der Waals surface area contributed by atoms with Crippen LogP contribution in [0.3, 0.4) is 0 Å². The molecule has 104 valence electrons. The zero-order valence-corrected chi connectivity index (χ0v) is 11.7. The highest BCUT2D eigenvalue weighted by Crippen LogP contribution is 2.30. The molecular formula is C14H19NO3S. The van der Waals surface area contributed by atoms with Crippen LogP contribution in [0.1, 0.15) is 36.5 Å². The Labute approximate surface area is 117 Å². The van der Waals surface area contributed by atoms with Crippen molar-refractivity contribution in [3.63, 3.8) is 0 Å². The summed E-state index contributed by atoms with van der Waals surface area (Å²) in [5.74, 6) is 0.385. The highest BCUT2D eigenvalue weighted by Gasteiger charge is 2.28. The number of rotatable bonds is 4. The monoisotopic (exact) mass is 281 g/mol. The Kier molecular flexibility index (Phi) is 4.58. The first kappa shape index (κ1) is 14.1. The first-order valence-corrected chi connectivity index (χ1v) is 7.61. The lowest BCUT2D eigenvalue weighted by Crippen LogP contribution is -2.38. The van der Waals surface area contributed by atoms with Gasteiger partial charge in [0.1, 0.15) is 0 Å². The van der Waals surface area contributed by atoms with Gasteiger partial charge in [-0.25, -0.2) is 0 Å². The van der Waals surface area contributed by atoms with Gasteiger partial charge in [0.2, 0.25) is 0 Å². The van der Waals surface area contributed by atoms with Crippen LogP contribution in [0.2, 0.25) is 0 Å². The fourth-order valence-corrected chi connectivity index (χ4v) is 3.62. The molecule has 1 amide bonds. The van der Waals surface area contributed by atoms with Crippen LogP contribution in [0, 0.1) is 0 Å². The fraction of sp³-hybridized carbons (Fsp3) is 0.500. The molecule has 0 saturated heterocycles. The molecule has 1 aliphatic carbocycles. The second-order valence-corrected chi connectivity index (χ2v) is 6.22. The van der Waals surface area contributed by atoms with Crippen LogP contribution in [0.5, 0.6) is 11.5 Å². The molecule has 2 unspecified atom stereocenters. The van der Waals surface area contributed by atoms with Crippen molar-refractivity contribution in [2.24, 2.45) is 0 Å². The topological polar surface area (TPSA) is 69.6 Å². The van der Waals surface area contributed by atoms with E-state index in [0.29, 0.717) is 10.8 Å². The summed E-state index contributed by atoms with van der Waals surface area (Å²) in [6.07, 6.45) is 3.29. The Hall–Kier alpha value is -1.36. The minimum atomic E-state index is -0.265. The van der Waals surface area contributed by atoms with Crippen LogP contribution in [0.15, 0.2) is 18.2 Å². The van der Waals surface area contributed by atoms with Crippen LogP contribution in [0.4, 0.5) is 0 Å².